The molecule has 11 nitrogen and oxygen atoms in total. The molecule has 0 aliphatic rings. The predicted molar refractivity (Wildman–Crippen MR) is 127 cm³/mol. The Kier molecular flexibility index (Phi) is 14.7. The maximum Gasteiger partial charge on any atom is 0.267 e. The molecule has 0 saturated heterocycles. The number of nitrogens with zero attached hydrogens (tertiary/aromatic N) is 2. The second-order valence-electron chi connectivity index (χ2n) is 11.1. The highest BCUT2D eigenvalue weighted by molar-refractivity contribution is 7.88. The molecule has 3 atom stereocenters. The van der Waals surface area contributed by atoms with Crippen LogP contribution in [-0.2, 0) is 28.6 Å². The number of aliphatic hydroxyl groups is 1. The third-order valence-corrected chi connectivity index (χ3v) is 6.44. The molecule has 0 aromatic rings. The van der Waals surface area contributed by atoms with Crippen LogP contribution < -0.4 is 4.89 Å². The molecule has 0 fully saturated rings. The minimum Gasteiger partial charge on any atom is -0.756 e. The van der Waals surface area contributed by atoms with Gasteiger partial charge in [0.25, 0.3) is 7.82 Å². The highest BCUT2D eigenvalue weighted by Crippen LogP contribution is 2.30. The normalized spacial score (nSPS) is 17.2. The van der Waals surface area contributed by atoms with E-state index < -0.39 is 36.3 Å². The summed E-state index contributed by atoms with van der Waals surface area (Å²) >= 11 is 0. The number of hydrogen-bond acceptors (Lipinski definition) is 8. The Bertz CT molecular complexity index is 692. The van der Waals surface area contributed by atoms with E-state index in [0.29, 0.717) is 0 Å². The van der Waals surface area contributed by atoms with Crippen molar-refractivity contribution in [2.24, 2.45) is 5.41 Å². The first-order valence-electron chi connectivity index (χ1n) is 10.7. The Morgan fingerprint density at radius 3 is 1.88 bits per heavy atom. The smallest absolute Gasteiger partial charge is 0.267 e. The van der Waals surface area contributed by atoms with Gasteiger partial charge < -0.3 is 28.9 Å². The largest absolute Gasteiger partial charge is 0.756 e. The molecular weight excluding hydrogens is 475 g/mol. The summed E-state index contributed by atoms with van der Waals surface area (Å²) in [7, 11) is -2.24. The van der Waals surface area contributed by atoms with Gasteiger partial charge in [-0.25, -0.2) is 8.42 Å². The van der Waals surface area contributed by atoms with Gasteiger partial charge in [-0.2, -0.15) is 4.31 Å². The van der Waals surface area contributed by atoms with E-state index >= 15 is 0 Å². The maximum atomic E-state index is 12.2. The molecule has 1 unspecified atom stereocenters. The summed E-state index contributed by atoms with van der Waals surface area (Å²) in [6.07, 6.45) is 0.236. The van der Waals surface area contributed by atoms with E-state index in [-0.39, 0.29) is 31.3 Å². The number of hydrogen-bond donors (Lipinski definition) is 2. The first kappa shape index (κ1) is 35.0. The monoisotopic (exact) mass is 522 g/mol. The summed E-state index contributed by atoms with van der Waals surface area (Å²) in [6.45, 7) is 13.5. The van der Waals surface area contributed by atoms with E-state index in [4.69, 9.17) is 19.5 Å². The van der Waals surface area contributed by atoms with E-state index in [2.05, 4.69) is 25.7 Å². The fourth-order valence-electron chi connectivity index (χ4n) is 2.30. The average Bonchev–Trinajstić information content (AvgIpc) is 2.51. The SMILES string of the molecule is C[C@H](O[C@H](COCOP(=O)([O-])O)CN(C(C)(C)C)S(C)(=O)=O)C(C)(C)C.C[N+](C)(C)CCO. The molecule has 0 radical (unpaired) electrons. The standard InChI is InChI=1S/C15H34NO8PS.C5H14NO/c1-12(14(2,3)4)24-13(10-22-11-23-25(17,18)19)9-16(15(5,6)7)26(8,20)21;1-6(2,3)4-5-7/h12-13H,9-11H2,1-8H3,(H2,17,18,19);7H,4-5H2,1-3H3/q;+1/p-1/t12-,13-;/m0./s1. The molecule has 0 saturated carbocycles. The molecule has 0 amide bonds. The number of phosphoric ester groups is 1. The summed E-state index contributed by atoms with van der Waals surface area (Å²) in [5.41, 5.74) is -0.866. The van der Waals surface area contributed by atoms with Gasteiger partial charge in [-0.3, -0.25) is 9.09 Å². The number of sulfonamides is 1. The minimum atomic E-state index is -4.88. The van der Waals surface area contributed by atoms with Gasteiger partial charge in [0, 0.05) is 12.1 Å². The molecule has 0 aromatic carbocycles. The second-order valence-corrected chi connectivity index (χ2v) is 14.2. The highest BCUT2D eigenvalue weighted by Gasteiger charge is 2.34. The first-order chi connectivity index (χ1) is 14.4. The van der Waals surface area contributed by atoms with Crippen LogP contribution in [0.1, 0.15) is 48.5 Å². The molecule has 0 bridgehead atoms. The second kappa shape index (κ2) is 13.8. The Balaban J connectivity index is 0. The fraction of sp³-hybridized carbons (Fsp3) is 1.00. The molecule has 2 N–H and O–H groups in total. The highest BCUT2D eigenvalue weighted by atomic mass is 32.2. The number of likely N-dealkylation sites (N-methyl/N-ethyl adjacent to an activating group) is 1. The van der Waals surface area contributed by atoms with Crippen LogP contribution in [0.15, 0.2) is 0 Å². The van der Waals surface area contributed by atoms with Gasteiger partial charge in [0.15, 0.2) is 6.79 Å². The third-order valence-electron chi connectivity index (χ3n) is 4.51. The van der Waals surface area contributed by atoms with Crippen molar-refractivity contribution in [3.8, 4) is 0 Å². The van der Waals surface area contributed by atoms with Crippen molar-refractivity contribution in [1.82, 2.24) is 4.31 Å². The minimum absolute atomic E-state index is 0.0247. The zero-order valence-electron chi connectivity index (χ0n) is 22.2. The number of ether oxygens (including phenoxy) is 2. The van der Waals surface area contributed by atoms with Gasteiger partial charge in [-0.15, -0.1) is 0 Å². The first-order valence-corrected chi connectivity index (χ1v) is 14.0. The lowest BCUT2D eigenvalue weighted by Gasteiger charge is -2.38. The maximum absolute atomic E-state index is 12.2. The Hall–Kier alpha value is -0.140. The zero-order chi connectivity index (χ0) is 26.9. The summed E-state index contributed by atoms with van der Waals surface area (Å²) < 4.78 is 52.3. The topological polar surface area (TPSA) is 146 Å². The Morgan fingerprint density at radius 1 is 1.12 bits per heavy atom. The quantitative estimate of drug-likeness (QED) is 0.166. The van der Waals surface area contributed by atoms with Crippen molar-refractivity contribution in [3.63, 3.8) is 0 Å². The molecule has 202 valence electrons. The molecule has 0 aromatic heterocycles. The van der Waals surface area contributed by atoms with Crippen LogP contribution in [0.5, 0.6) is 0 Å². The lowest BCUT2D eigenvalue weighted by Crippen LogP contribution is -2.51. The number of quaternary nitrogens is 1. The summed E-state index contributed by atoms with van der Waals surface area (Å²) in [4.78, 5) is 19.2. The van der Waals surface area contributed by atoms with Crippen molar-refractivity contribution in [3.05, 3.63) is 0 Å². The average molecular weight is 523 g/mol. The van der Waals surface area contributed by atoms with E-state index in [0.717, 1.165) is 17.3 Å². The van der Waals surface area contributed by atoms with Crippen molar-refractivity contribution >= 4 is 17.8 Å². The van der Waals surface area contributed by atoms with Crippen LogP contribution in [0.25, 0.3) is 0 Å². The molecule has 0 heterocycles. The third kappa shape index (κ3) is 19.8. The molecule has 0 aliphatic heterocycles. The molecule has 0 rings (SSSR count). The fourth-order valence-corrected chi connectivity index (χ4v) is 3.94. The van der Waals surface area contributed by atoms with Gasteiger partial charge in [0.1, 0.15) is 6.54 Å². The summed E-state index contributed by atoms with van der Waals surface area (Å²) in [5.74, 6) is 0. The van der Waals surface area contributed by atoms with E-state index in [1.165, 1.54) is 4.31 Å². The van der Waals surface area contributed by atoms with Crippen LogP contribution >= 0.6 is 7.82 Å². The van der Waals surface area contributed by atoms with Crippen molar-refractivity contribution < 1.29 is 46.4 Å². The van der Waals surface area contributed by atoms with Crippen LogP contribution in [0.2, 0.25) is 0 Å². The van der Waals surface area contributed by atoms with Gasteiger partial charge in [-0.05, 0) is 33.1 Å². The lowest BCUT2D eigenvalue weighted by atomic mass is 9.90. The van der Waals surface area contributed by atoms with E-state index in [1.807, 2.05) is 27.7 Å². The summed E-state index contributed by atoms with van der Waals surface area (Å²) in [6, 6.07) is 0. The van der Waals surface area contributed by atoms with Crippen LogP contribution in [0, 0.1) is 5.41 Å². The molecule has 33 heavy (non-hydrogen) atoms. The van der Waals surface area contributed by atoms with Gasteiger partial charge in [0.05, 0.1) is 52.8 Å². The van der Waals surface area contributed by atoms with Crippen molar-refractivity contribution in [2.45, 2.75) is 66.2 Å². The van der Waals surface area contributed by atoms with Crippen LogP contribution in [-0.4, -0.2) is 105 Å². The van der Waals surface area contributed by atoms with Crippen LogP contribution in [0.4, 0.5) is 0 Å². The van der Waals surface area contributed by atoms with Gasteiger partial charge >= 0.3 is 0 Å². The predicted octanol–water partition coefficient (Wildman–Crippen LogP) is 1.00. The molecular formula is C20H47N2O9PS. The van der Waals surface area contributed by atoms with Gasteiger partial charge in [-0.1, -0.05) is 20.8 Å². The van der Waals surface area contributed by atoms with E-state index in [9.17, 15) is 17.9 Å². The van der Waals surface area contributed by atoms with Gasteiger partial charge in [0.2, 0.25) is 10.0 Å². The summed E-state index contributed by atoms with van der Waals surface area (Å²) in [5, 5.41) is 8.39. The number of rotatable bonds is 12. The number of phosphoric acid groups is 1. The van der Waals surface area contributed by atoms with Crippen molar-refractivity contribution in [2.75, 3.05) is 60.5 Å². The van der Waals surface area contributed by atoms with E-state index in [1.54, 1.807) is 20.8 Å². The molecule has 0 spiro atoms. The van der Waals surface area contributed by atoms with Crippen LogP contribution in [0.3, 0.4) is 0 Å². The molecule has 13 heteroatoms. The zero-order valence-corrected chi connectivity index (χ0v) is 23.9. The van der Waals surface area contributed by atoms with Crippen molar-refractivity contribution in [1.29, 1.82) is 0 Å². The Morgan fingerprint density at radius 2 is 1.61 bits per heavy atom. The Labute approximate surface area is 200 Å². The number of aliphatic hydroxyl groups excluding tert-OH is 1. The lowest BCUT2D eigenvalue weighted by molar-refractivity contribution is -0.870. The molecule has 0 aliphatic carbocycles.